The number of para-hydroxylation sites is 3. The molecular formula is C51H35N7. The van der Waals surface area contributed by atoms with Gasteiger partial charge in [-0.05, 0) is 121 Å². The second-order valence-corrected chi connectivity index (χ2v) is 14.7. The Morgan fingerprint density at radius 1 is 0.414 bits per heavy atom. The summed E-state index contributed by atoms with van der Waals surface area (Å²) in [5.74, 6) is 0. The van der Waals surface area contributed by atoms with Crippen LogP contribution in [0.2, 0.25) is 0 Å². The summed E-state index contributed by atoms with van der Waals surface area (Å²) in [5, 5.41) is 7.13. The first-order valence-corrected chi connectivity index (χ1v) is 19.6. The van der Waals surface area contributed by atoms with Crippen molar-refractivity contribution in [1.82, 2.24) is 23.7 Å². The van der Waals surface area contributed by atoms with Crippen molar-refractivity contribution >= 4 is 83.6 Å². The fourth-order valence-electron chi connectivity index (χ4n) is 9.04. The topological polar surface area (TPSA) is 55.8 Å². The van der Waals surface area contributed by atoms with E-state index in [0.717, 1.165) is 84.5 Å². The zero-order valence-corrected chi connectivity index (χ0v) is 31.4. The summed E-state index contributed by atoms with van der Waals surface area (Å²) in [7, 11) is 0. The monoisotopic (exact) mass is 745 g/mol. The van der Waals surface area contributed by atoms with Crippen molar-refractivity contribution in [3.8, 4) is 17.1 Å². The molecule has 0 spiro atoms. The van der Waals surface area contributed by atoms with Crippen LogP contribution >= 0.6 is 0 Å². The van der Waals surface area contributed by atoms with Crippen LogP contribution in [0.15, 0.2) is 188 Å². The van der Waals surface area contributed by atoms with Crippen LogP contribution in [-0.4, -0.2) is 30.2 Å². The molecule has 1 aliphatic rings. The van der Waals surface area contributed by atoms with Gasteiger partial charge in [0.1, 0.15) is 0 Å². The normalized spacial score (nSPS) is 12.5. The Morgan fingerprint density at radius 2 is 0.828 bits per heavy atom. The number of fused-ring (bicyclic) bond motifs is 9. The second-order valence-electron chi connectivity index (χ2n) is 14.7. The SMILES string of the molecule is C1=Cc2c(c3ccccc3n2-c2ccc(N(c3ccc(-n4c5ccccc5c5ncccc54)cc3)c3ccc(-n4c5ccccc5c5ncccc54)cc3)cc2)NC1. The molecule has 1 N–H and O–H groups in total. The van der Waals surface area contributed by atoms with Crippen molar-refractivity contribution in [3.63, 3.8) is 0 Å². The van der Waals surface area contributed by atoms with Crippen LogP contribution in [0.5, 0.6) is 0 Å². The first kappa shape index (κ1) is 32.4. The molecule has 0 saturated carbocycles. The highest BCUT2D eigenvalue weighted by atomic mass is 15.1. The lowest BCUT2D eigenvalue weighted by Crippen LogP contribution is -2.11. The molecule has 7 nitrogen and oxygen atoms in total. The number of anilines is 4. The Hall–Kier alpha value is -7.90. The van der Waals surface area contributed by atoms with Crippen molar-refractivity contribution < 1.29 is 0 Å². The van der Waals surface area contributed by atoms with Crippen molar-refractivity contribution in [2.45, 2.75) is 0 Å². The minimum absolute atomic E-state index is 0.827. The lowest BCUT2D eigenvalue weighted by molar-refractivity contribution is 1.09. The quantitative estimate of drug-likeness (QED) is 0.184. The fourth-order valence-corrected chi connectivity index (χ4v) is 9.04. The Balaban J connectivity index is 0.991. The average Bonchev–Trinajstić information content (AvgIpc) is 3.93. The van der Waals surface area contributed by atoms with E-state index in [0.29, 0.717) is 0 Å². The van der Waals surface area contributed by atoms with Crippen LogP contribution in [0.25, 0.3) is 77.9 Å². The summed E-state index contributed by atoms with van der Waals surface area (Å²) in [6.45, 7) is 0.827. The number of aromatic nitrogens is 5. The minimum atomic E-state index is 0.827. The van der Waals surface area contributed by atoms with Crippen molar-refractivity contribution in [2.24, 2.45) is 0 Å². The molecule has 58 heavy (non-hydrogen) atoms. The number of hydrogen-bond donors (Lipinski definition) is 1. The van der Waals surface area contributed by atoms with E-state index in [1.807, 2.05) is 24.5 Å². The molecule has 5 aromatic heterocycles. The van der Waals surface area contributed by atoms with Gasteiger partial charge in [-0.15, -0.1) is 0 Å². The molecule has 12 rings (SSSR count). The predicted molar refractivity (Wildman–Crippen MR) is 240 cm³/mol. The number of nitrogens with zero attached hydrogens (tertiary/aromatic N) is 6. The largest absolute Gasteiger partial charge is 0.379 e. The van der Waals surface area contributed by atoms with Gasteiger partial charge in [-0.1, -0.05) is 60.7 Å². The van der Waals surface area contributed by atoms with Gasteiger partial charge in [0.15, 0.2) is 0 Å². The summed E-state index contributed by atoms with van der Waals surface area (Å²) in [6.07, 6.45) is 8.16. The third kappa shape index (κ3) is 4.86. The molecule has 0 atom stereocenters. The van der Waals surface area contributed by atoms with E-state index in [-0.39, 0.29) is 0 Å². The highest BCUT2D eigenvalue weighted by Crippen LogP contribution is 2.40. The van der Waals surface area contributed by atoms with Crippen LogP contribution in [0.4, 0.5) is 22.7 Å². The minimum Gasteiger partial charge on any atom is -0.379 e. The maximum absolute atomic E-state index is 4.76. The van der Waals surface area contributed by atoms with E-state index in [4.69, 9.17) is 9.97 Å². The summed E-state index contributed by atoms with van der Waals surface area (Å²) in [4.78, 5) is 11.9. The molecule has 11 aromatic rings. The van der Waals surface area contributed by atoms with Crippen LogP contribution in [-0.2, 0) is 0 Å². The number of benzene rings is 6. The van der Waals surface area contributed by atoms with Gasteiger partial charge in [0.05, 0.1) is 50.0 Å². The van der Waals surface area contributed by atoms with E-state index < -0.39 is 0 Å². The van der Waals surface area contributed by atoms with Gasteiger partial charge in [-0.2, -0.15) is 0 Å². The molecule has 0 bridgehead atoms. The van der Waals surface area contributed by atoms with E-state index in [9.17, 15) is 0 Å². The smallest absolute Gasteiger partial charge is 0.0963 e. The van der Waals surface area contributed by atoms with Crippen LogP contribution in [0.1, 0.15) is 5.69 Å². The standard InChI is InChI=1S/C51H35N7/c1-4-13-43-40(10-1)49-46(16-7-31-52-49)56(43)37-25-19-34(20-26-37)55(35-21-27-38(28-22-35)57-44-14-5-2-11-41(44)50-47(57)17-8-32-53-50)36-23-29-39(30-24-36)58-45-15-6-3-12-42(45)51-48(58)18-9-33-54-51/h1-32,54H,33H2. The number of rotatable bonds is 6. The van der Waals surface area contributed by atoms with Gasteiger partial charge >= 0.3 is 0 Å². The van der Waals surface area contributed by atoms with E-state index in [1.54, 1.807) is 0 Å². The van der Waals surface area contributed by atoms with Crippen LogP contribution < -0.4 is 10.2 Å². The number of nitrogens with one attached hydrogen (secondary N) is 1. The first-order valence-electron chi connectivity index (χ1n) is 19.6. The molecule has 1 aliphatic heterocycles. The summed E-state index contributed by atoms with van der Waals surface area (Å²) < 4.78 is 6.97. The lowest BCUT2D eigenvalue weighted by atomic mass is 10.1. The highest BCUT2D eigenvalue weighted by molar-refractivity contribution is 6.08. The second kappa shape index (κ2) is 12.8. The molecule has 6 heterocycles. The molecule has 0 fully saturated rings. The maximum atomic E-state index is 4.76. The summed E-state index contributed by atoms with van der Waals surface area (Å²) >= 11 is 0. The Kier molecular flexibility index (Phi) is 7.16. The molecule has 0 radical (unpaired) electrons. The van der Waals surface area contributed by atoms with Gasteiger partial charge in [-0.25, -0.2) is 0 Å². The van der Waals surface area contributed by atoms with Crippen molar-refractivity contribution in [2.75, 3.05) is 16.8 Å². The third-order valence-electron chi connectivity index (χ3n) is 11.5. The van der Waals surface area contributed by atoms with Gasteiger partial charge in [-0.3, -0.25) is 9.97 Å². The molecule has 0 unspecified atom stereocenters. The highest BCUT2D eigenvalue weighted by Gasteiger charge is 2.20. The Bertz CT molecular complexity index is 3120. The summed E-state index contributed by atoms with van der Waals surface area (Å²) in [6, 6.07) is 60.6. The van der Waals surface area contributed by atoms with Crippen LogP contribution in [0.3, 0.4) is 0 Å². The van der Waals surface area contributed by atoms with E-state index in [1.165, 1.54) is 22.3 Å². The number of hydrogen-bond acceptors (Lipinski definition) is 4. The molecule has 274 valence electrons. The van der Waals surface area contributed by atoms with Crippen LogP contribution in [0, 0.1) is 0 Å². The predicted octanol–water partition coefficient (Wildman–Crippen LogP) is 12.5. The molecule has 7 heteroatoms. The molecule has 0 amide bonds. The maximum Gasteiger partial charge on any atom is 0.0963 e. The third-order valence-corrected chi connectivity index (χ3v) is 11.5. The Morgan fingerprint density at radius 3 is 1.33 bits per heavy atom. The van der Waals surface area contributed by atoms with E-state index >= 15 is 0 Å². The Labute approximate surface area is 334 Å². The van der Waals surface area contributed by atoms with Gasteiger partial charge in [0.2, 0.25) is 0 Å². The zero-order chi connectivity index (χ0) is 38.2. The fraction of sp³-hybridized carbons (Fsp3) is 0.0196. The van der Waals surface area contributed by atoms with Gasteiger partial charge < -0.3 is 23.9 Å². The number of pyridine rings is 2. The van der Waals surface area contributed by atoms with Gasteiger partial charge in [0, 0.05) is 69.2 Å². The molecule has 0 aliphatic carbocycles. The average molecular weight is 746 g/mol. The summed E-state index contributed by atoms with van der Waals surface area (Å²) in [5.41, 5.74) is 16.4. The van der Waals surface area contributed by atoms with Crippen molar-refractivity contribution in [1.29, 1.82) is 0 Å². The zero-order valence-electron chi connectivity index (χ0n) is 31.4. The lowest BCUT2D eigenvalue weighted by Gasteiger charge is -2.26. The molecule has 0 saturated heterocycles. The van der Waals surface area contributed by atoms with E-state index in [2.05, 4.69) is 194 Å². The molecular weight excluding hydrogens is 711 g/mol. The van der Waals surface area contributed by atoms with Crippen molar-refractivity contribution in [3.05, 3.63) is 194 Å². The van der Waals surface area contributed by atoms with Gasteiger partial charge in [0.25, 0.3) is 0 Å². The molecule has 6 aromatic carbocycles. The first-order chi connectivity index (χ1) is 28.8.